The number of benzene rings is 2. The van der Waals surface area contributed by atoms with Crippen LogP contribution in [0.4, 0.5) is 15.8 Å². The number of hydrogen-bond acceptors (Lipinski definition) is 7. The Hall–Kier alpha value is -3.20. The Kier molecular flexibility index (Phi) is 6.03. The van der Waals surface area contributed by atoms with Crippen molar-refractivity contribution in [1.82, 2.24) is 4.98 Å². The molecular formula is C22H22FN3O4S. The number of halogens is 1. The molecule has 162 valence electrons. The molecule has 2 aromatic carbocycles. The molecule has 0 amide bonds. The van der Waals surface area contributed by atoms with Crippen LogP contribution in [0.3, 0.4) is 0 Å². The van der Waals surface area contributed by atoms with Crippen LogP contribution in [0.25, 0.3) is 11.3 Å². The standard InChI is InChI=1S/C22H22FN3O4S/c1-29-20-6-4-3-5-15(20)17-13-31-22(24-17)14-7-9-25(10-8-14)18-12-21(30-2)16(23)11-19(18)26(27)28/h3-6,11-14H,7-10H2,1-2H3. The molecule has 3 aromatic rings. The third-order valence-electron chi connectivity index (χ3n) is 5.54. The number of methoxy groups -OCH3 is 2. The molecule has 0 N–H and O–H groups in total. The van der Waals surface area contributed by atoms with Gasteiger partial charge in [-0.15, -0.1) is 11.3 Å². The zero-order valence-electron chi connectivity index (χ0n) is 17.2. The van der Waals surface area contributed by atoms with E-state index in [4.69, 9.17) is 14.5 Å². The van der Waals surface area contributed by atoms with E-state index < -0.39 is 10.7 Å². The van der Waals surface area contributed by atoms with Gasteiger partial charge in [-0.05, 0) is 25.0 Å². The van der Waals surface area contributed by atoms with Gasteiger partial charge in [0.2, 0.25) is 0 Å². The first kappa shape index (κ1) is 21.0. The minimum atomic E-state index is -0.737. The molecule has 1 fully saturated rings. The van der Waals surface area contributed by atoms with Crippen LogP contribution in [0, 0.1) is 15.9 Å². The van der Waals surface area contributed by atoms with Gasteiger partial charge in [-0.25, -0.2) is 9.37 Å². The third-order valence-corrected chi connectivity index (χ3v) is 6.54. The molecular weight excluding hydrogens is 421 g/mol. The van der Waals surface area contributed by atoms with Crippen molar-refractivity contribution in [3.63, 3.8) is 0 Å². The first-order valence-electron chi connectivity index (χ1n) is 9.87. The summed E-state index contributed by atoms with van der Waals surface area (Å²) < 4.78 is 24.4. The lowest BCUT2D eigenvalue weighted by atomic mass is 9.96. The maximum absolute atomic E-state index is 14.0. The van der Waals surface area contributed by atoms with Gasteiger partial charge >= 0.3 is 0 Å². The highest BCUT2D eigenvalue weighted by Crippen LogP contribution is 2.40. The topological polar surface area (TPSA) is 77.7 Å². The number of nitro benzene ring substituents is 1. The first-order valence-corrected chi connectivity index (χ1v) is 10.8. The number of para-hydroxylation sites is 1. The number of rotatable bonds is 6. The molecule has 0 saturated carbocycles. The summed E-state index contributed by atoms with van der Waals surface area (Å²) in [5.74, 6) is 0.321. The summed E-state index contributed by atoms with van der Waals surface area (Å²) in [6.45, 7) is 1.23. The molecule has 9 heteroatoms. The van der Waals surface area contributed by atoms with E-state index in [1.54, 1.807) is 18.4 Å². The fourth-order valence-corrected chi connectivity index (χ4v) is 4.90. The van der Waals surface area contributed by atoms with Crippen molar-refractivity contribution >= 4 is 22.7 Å². The van der Waals surface area contributed by atoms with E-state index in [1.807, 2.05) is 34.5 Å². The van der Waals surface area contributed by atoms with Gasteiger partial charge in [0.05, 0.1) is 35.9 Å². The highest BCUT2D eigenvalue weighted by Gasteiger charge is 2.29. The number of aromatic nitrogens is 1. The molecule has 1 aliphatic rings. The summed E-state index contributed by atoms with van der Waals surface area (Å²) in [6.07, 6.45) is 1.60. The molecule has 1 aliphatic heterocycles. The Balaban J connectivity index is 1.51. The van der Waals surface area contributed by atoms with Gasteiger partial charge in [-0.1, -0.05) is 12.1 Å². The maximum Gasteiger partial charge on any atom is 0.295 e. The zero-order chi connectivity index (χ0) is 22.0. The van der Waals surface area contributed by atoms with Crippen molar-refractivity contribution in [3.05, 3.63) is 62.7 Å². The lowest BCUT2D eigenvalue weighted by Gasteiger charge is -2.32. The summed E-state index contributed by atoms with van der Waals surface area (Å²) >= 11 is 1.62. The minimum absolute atomic E-state index is 0.00379. The molecule has 0 bridgehead atoms. The highest BCUT2D eigenvalue weighted by molar-refractivity contribution is 7.10. The molecule has 0 atom stereocenters. The third kappa shape index (κ3) is 4.18. The van der Waals surface area contributed by atoms with Gasteiger partial charge in [0.15, 0.2) is 11.6 Å². The fourth-order valence-electron chi connectivity index (χ4n) is 3.91. The molecule has 31 heavy (non-hydrogen) atoms. The maximum atomic E-state index is 14.0. The molecule has 1 aromatic heterocycles. The zero-order valence-corrected chi connectivity index (χ0v) is 18.0. The van der Waals surface area contributed by atoms with Crippen LogP contribution in [-0.4, -0.2) is 37.2 Å². The Morgan fingerprint density at radius 3 is 2.55 bits per heavy atom. The summed E-state index contributed by atoms with van der Waals surface area (Å²) in [5, 5.41) is 14.5. The molecule has 1 saturated heterocycles. The van der Waals surface area contributed by atoms with Gasteiger partial charge in [0.1, 0.15) is 11.4 Å². The Morgan fingerprint density at radius 2 is 1.87 bits per heavy atom. The van der Waals surface area contributed by atoms with Crippen molar-refractivity contribution in [3.8, 4) is 22.8 Å². The quantitative estimate of drug-likeness (QED) is 0.382. The van der Waals surface area contributed by atoms with Crippen molar-refractivity contribution in [2.24, 2.45) is 0 Å². The monoisotopic (exact) mass is 443 g/mol. The number of thiazole rings is 1. The summed E-state index contributed by atoms with van der Waals surface area (Å²) in [4.78, 5) is 17.7. The van der Waals surface area contributed by atoms with Crippen LogP contribution >= 0.6 is 11.3 Å². The predicted molar refractivity (Wildman–Crippen MR) is 118 cm³/mol. The van der Waals surface area contributed by atoms with Gasteiger partial charge in [-0.3, -0.25) is 10.1 Å². The molecule has 7 nitrogen and oxygen atoms in total. The number of piperidine rings is 1. The van der Waals surface area contributed by atoms with Crippen molar-refractivity contribution in [2.45, 2.75) is 18.8 Å². The van der Waals surface area contributed by atoms with Crippen LogP contribution in [0.2, 0.25) is 0 Å². The second kappa shape index (κ2) is 8.89. The van der Waals surface area contributed by atoms with Crippen LogP contribution in [0.15, 0.2) is 41.8 Å². The Labute approximate surface area is 183 Å². The number of nitro groups is 1. The van der Waals surface area contributed by atoms with E-state index >= 15 is 0 Å². The minimum Gasteiger partial charge on any atom is -0.496 e. The SMILES string of the molecule is COc1cc(N2CCC(c3nc(-c4ccccc4OC)cs3)CC2)c([N+](=O)[O-])cc1F. The normalized spacial score (nSPS) is 14.5. The molecule has 0 unspecified atom stereocenters. The van der Waals surface area contributed by atoms with Gasteiger partial charge in [-0.2, -0.15) is 0 Å². The van der Waals surface area contributed by atoms with Crippen LogP contribution < -0.4 is 14.4 Å². The molecule has 2 heterocycles. The highest BCUT2D eigenvalue weighted by atomic mass is 32.1. The van der Waals surface area contributed by atoms with Crippen LogP contribution in [-0.2, 0) is 0 Å². The second-order valence-corrected chi connectivity index (χ2v) is 8.15. The molecule has 0 radical (unpaired) electrons. The number of ether oxygens (including phenoxy) is 2. The fraction of sp³-hybridized carbons (Fsp3) is 0.318. The predicted octanol–water partition coefficient (Wildman–Crippen LogP) is 5.26. The van der Waals surface area contributed by atoms with Gasteiger partial charge in [0.25, 0.3) is 5.69 Å². The average molecular weight is 444 g/mol. The second-order valence-electron chi connectivity index (χ2n) is 7.27. The molecule has 0 aliphatic carbocycles. The van der Waals surface area contributed by atoms with E-state index in [-0.39, 0.29) is 17.4 Å². The molecule has 0 spiro atoms. The smallest absolute Gasteiger partial charge is 0.295 e. The van der Waals surface area contributed by atoms with Crippen molar-refractivity contribution < 1.29 is 18.8 Å². The van der Waals surface area contributed by atoms with Crippen molar-refractivity contribution in [2.75, 3.05) is 32.2 Å². The van der Waals surface area contributed by atoms with Crippen molar-refractivity contribution in [1.29, 1.82) is 0 Å². The van der Waals surface area contributed by atoms with Gasteiger partial charge in [0, 0.05) is 36.0 Å². The average Bonchev–Trinajstić information content (AvgIpc) is 3.29. The van der Waals surface area contributed by atoms with Crippen LogP contribution in [0.5, 0.6) is 11.5 Å². The Morgan fingerprint density at radius 1 is 1.16 bits per heavy atom. The van der Waals surface area contributed by atoms with E-state index in [9.17, 15) is 14.5 Å². The van der Waals surface area contributed by atoms with E-state index in [2.05, 4.69) is 0 Å². The lowest BCUT2D eigenvalue weighted by Crippen LogP contribution is -2.33. The molecule has 4 rings (SSSR count). The first-order chi connectivity index (χ1) is 15.0. The van der Waals surface area contributed by atoms with Gasteiger partial charge < -0.3 is 14.4 Å². The Bertz CT molecular complexity index is 1100. The number of anilines is 1. The largest absolute Gasteiger partial charge is 0.496 e. The summed E-state index contributed by atoms with van der Waals surface area (Å²) in [7, 11) is 2.99. The van der Waals surface area contributed by atoms with Crippen LogP contribution in [0.1, 0.15) is 23.8 Å². The summed E-state index contributed by atoms with van der Waals surface area (Å²) in [5.41, 5.74) is 1.98. The number of hydrogen-bond donors (Lipinski definition) is 0. The summed E-state index contributed by atoms with van der Waals surface area (Å²) in [6, 6.07) is 10.1. The van der Waals surface area contributed by atoms with E-state index in [0.717, 1.165) is 40.9 Å². The lowest BCUT2D eigenvalue weighted by molar-refractivity contribution is -0.384. The van der Waals surface area contributed by atoms with E-state index in [0.29, 0.717) is 18.8 Å². The van der Waals surface area contributed by atoms with E-state index in [1.165, 1.54) is 13.2 Å². The number of nitrogens with zero attached hydrogens (tertiary/aromatic N) is 3.